The van der Waals surface area contributed by atoms with Gasteiger partial charge in [0.05, 0.1) is 0 Å². The van der Waals surface area contributed by atoms with Crippen LogP contribution < -0.4 is 6.15 Å². The highest BCUT2D eigenvalue weighted by Gasteiger charge is 2.03. The van der Waals surface area contributed by atoms with Crippen molar-refractivity contribution in [2.24, 2.45) is 0 Å². The van der Waals surface area contributed by atoms with Crippen molar-refractivity contribution in [3.05, 3.63) is 60.4 Å². The van der Waals surface area contributed by atoms with Crippen LogP contribution in [0, 0.1) is 0 Å². The molecule has 0 spiro atoms. The van der Waals surface area contributed by atoms with Crippen molar-refractivity contribution < 1.29 is 9.53 Å². The molecule has 16 heavy (non-hydrogen) atoms. The number of hydrogen-bond acceptors (Lipinski definition) is 3. The maximum absolute atomic E-state index is 11.4. The van der Waals surface area contributed by atoms with Crippen LogP contribution in [0.2, 0.25) is 0 Å². The van der Waals surface area contributed by atoms with Crippen LogP contribution in [0.15, 0.2) is 54.9 Å². The van der Waals surface area contributed by atoms with Gasteiger partial charge in [-0.3, -0.25) is 4.57 Å². The fourth-order valence-corrected chi connectivity index (χ4v) is 1.25. The highest BCUT2D eigenvalue weighted by atomic mass is 16.5. The number of ether oxygens (including phenoxy) is 1. The molecular formula is C12H14N2O2. The Balaban J connectivity index is 0.00000128. The highest BCUT2D eigenvalue weighted by Crippen LogP contribution is 2.02. The molecule has 2 aromatic rings. The molecule has 0 amide bonds. The lowest BCUT2D eigenvalue weighted by Gasteiger charge is -2.04. The maximum atomic E-state index is 11.4. The molecule has 3 N–H and O–H groups in total. The first-order valence-electron chi connectivity index (χ1n) is 4.70. The van der Waals surface area contributed by atoms with E-state index in [-0.39, 0.29) is 12.2 Å². The first kappa shape index (κ1) is 12.0. The SMILES string of the molecule is N.O=C(OCc1ccccc1)n1cccc1. The van der Waals surface area contributed by atoms with Crippen LogP contribution in [0.5, 0.6) is 0 Å². The summed E-state index contributed by atoms with van der Waals surface area (Å²) in [7, 11) is 0. The van der Waals surface area contributed by atoms with E-state index in [4.69, 9.17) is 4.74 Å². The smallest absolute Gasteiger partial charge is 0.418 e. The summed E-state index contributed by atoms with van der Waals surface area (Å²) >= 11 is 0. The third-order valence-corrected chi connectivity index (χ3v) is 2.02. The molecule has 1 aromatic heterocycles. The van der Waals surface area contributed by atoms with Gasteiger partial charge < -0.3 is 10.9 Å². The molecule has 1 aromatic carbocycles. The van der Waals surface area contributed by atoms with E-state index in [1.165, 1.54) is 4.57 Å². The Hall–Kier alpha value is -2.07. The summed E-state index contributed by atoms with van der Waals surface area (Å²) in [4.78, 5) is 11.4. The fraction of sp³-hybridized carbons (Fsp3) is 0.0833. The molecule has 1 heterocycles. The first-order valence-corrected chi connectivity index (χ1v) is 4.70. The number of benzene rings is 1. The lowest BCUT2D eigenvalue weighted by molar-refractivity contribution is 0.141. The van der Waals surface area contributed by atoms with Crippen LogP contribution in [0.3, 0.4) is 0 Å². The predicted octanol–water partition coefficient (Wildman–Crippen LogP) is 2.84. The van der Waals surface area contributed by atoms with E-state index in [9.17, 15) is 4.79 Å². The van der Waals surface area contributed by atoms with E-state index in [2.05, 4.69) is 0 Å². The number of aromatic nitrogens is 1. The zero-order chi connectivity index (χ0) is 10.5. The van der Waals surface area contributed by atoms with Crippen molar-refractivity contribution in [3.63, 3.8) is 0 Å². The fourth-order valence-electron chi connectivity index (χ4n) is 1.25. The van der Waals surface area contributed by atoms with Crippen molar-refractivity contribution in [3.8, 4) is 0 Å². The first-order chi connectivity index (χ1) is 7.36. The molecule has 0 aliphatic carbocycles. The second kappa shape index (κ2) is 5.72. The van der Waals surface area contributed by atoms with Crippen LogP contribution >= 0.6 is 0 Å². The Morgan fingerprint density at radius 1 is 1.06 bits per heavy atom. The van der Waals surface area contributed by atoms with Gasteiger partial charge in [0, 0.05) is 12.4 Å². The van der Waals surface area contributed by atoms with E-state index in [0.717, 1.165) is 5.56 Å². The topological polar surface area (TPSA) is 66.2 Å². The van der Waals surface area contributed by atoms with Crippen LogP contribution in [0.4, 0.5) is 4.79 Å². The predicted molar refractivity (Wildman–Crippen MR) is 61.5 cm³/mol. The molecule has 0 atom stereocenters. The molecule has 0 bridgehead atoms. The maximum Gasteiger partial charge on any atom is 0.418 e. The molecule has 0 aliphatic heterocycles. The number of carbonyl (C=O) groups is 1. The standard InChI is InChI=1S/C12H11NO2.H3N/c14-12(13-8-4-5-9-13)15-10-11-6-2-1-3-7-11;/h1-9H,10H2;1H3. The highest BCUT2D eigenvalue weighted by molar-refractivity contribution is 5.70. The van der Waals surface area contributed by atoms with Crippen LogP contribution in [0.25, 0.3) is 0 Å². The Bertz CT molecular complexity index is 424. The summed E-state index contributed by atoms with van der Waals surface area (Å²) in [6.07, 6.45) is 2.96. The van der Waals surface area contributed by atoms with Crippen molar-refractivity contribution in [1.82, 2.24) is 10.7 Å². The molecule has 84 valence electrons. The van der Waals surface area contributed by atoms with Gasteiger partial charge in [-0.1, -0.05) is 30.3 Å². The molecule has 0 radical (unpaired) electrons. The molecule has 0 fully saturated rings. The average molecular weight is 218 g/mol. The van der Waals surface area contributed by atoms with Crippen molar-refractivity contribution in [1.29, 1.82) is 0 Å². The third-order valence-electron chi connectivity index (χ3n) is 2.02. The van der Waals surface area contributed by atoms with Crippen molar-refractivity contribution in [2.75, 3.05) is 0 Å². The molecule has 2 rings (SSSR count). The lowest BCUT2D eigenvalue weighted by atomic mass is 10.2. The van der Waals surface area contributed by atoms with Gasteiger partial charge in [0.2, 0.25) is 0 Å². The second-order valence-corrected chi connectivity index (χ2v) is 3.13. The van der Waals surface area contributed by atoms with Crippen molar-refractivity contribution >= 4 is 6.09 Å². The largest absolute Gasteiger partial charge is 0.444 e. The van der Waals surface area contributed by atoms with Gasteiger partial charge in [0.25, 0.3) is 0 Å². The van der Waals surface area contributed by atoms with Crippen molar-refractivity contribution in [2.45, 2.75) is 6.61 Å². The quantitative estimate of drug-likeness (QED) is 0.842. The summed E-state index contributed by atoms with van der Waals surface area (Å²) in [5, 5.41) is 0. The van der Waals surface area contributed by atoms with Gasteiger partial charge >= 0.3 is 6.09 Å². The monoisotopic (exact) mass is 218 g/mol. The Labute approximate surface area is 94.0 Å². The van der Waals surface area contributed by atoms with E-state index >= 15 is 0 Å². The Morgan fingerprint density at radius 3 is 2.31 bits per heavy atom. The molecule has 0 saturated carbocycles. The van der Waals surface area contributed by atoms with Gasteiger partial charge in [0.15, 0.2) is 0 Å². The average Bonchev–Trinajstić information content (AvgIpc) is 2.81. The molecule has 0 aliphatic rings. The summed E-state index contributed by atoms with van der Waals surface area (Å²) < 4.78 is 6.50. The summed E-state index contributed by atoms with van der Waals surface area (Å²) in [6, 6.07) is 13.2. The van der Waals surface area contributed by atoms with E-state index < -0.39 is 0 Å². The van der Waals surface area contributed by atoms with Gasteiger partial charge in [-0.05, 0) is 17.7 Å². The molecule has 4 heteroatoms. The minimum atomic E-state index is -0.358. The molecule has 0 saturated heterocycles. The van der Waals surface area contributed by atoms with Gasteiger partial charge in [-0.25, -0.2) is 4.79 Å². The zero-order valence-electron chi connectivity index (χ0n) is 8.87. The van der Waals surface area contributed by atoms with Gasteiger partial charge in [-0.15, -0.1) is 0 Å². The van der Waals surface area contributed by atoms with Crippen LogP contribution in [-0.2, 0) is 11.3 Å². The van der Waals surface area contributed by atoms with E-state index in [1.54, 1.807) is 24.5 Å². The van der Waals surface area contributed by atoms with Crippen LogP contribution in [0.1, 0.15) is 5.56 Å². The molecule has 0 unspecified atom stereocenters. The Morgan fingerprint density at radius 2 is 1.69 bits per heavy atom. The second-order valence-electron chi connectivity index (χ2n) is 3.13. The number of carbonyl (C=O) groups excluding carboxylic acids is 1. The number of hydrogen-bond donors (Lipinski definition) is 1. The number of nitrogens with zero attached hydrogens (tertiary/aromatic N) is 1. The minimum absolute atomic E-state index is 0. The number of rotatable bonds is 2. The Kier molecular flexibility index (Phi) is 4.29. The minimum Gasteiger partial charge on any atom is -0.444 e. The normalized spacial score (nSPS) is 9.25. The summed E-state index contributed by atoms with van der Waals surface area (Å²) in [5.41, 5.74) is 0.984. The van der Waals surface area contributed by atoms with Gasteiger partial charge in [-0.2, -0.15) is 0 Å². The van der Waals surface area contributed by atoms with Crippen LogP contribution in [-0.4, -0.2) is 10.7 Å². The summed E-state index contributed by atoms with van der Waals surface area (Å²) in [5.74, 6) is 0. The van der Waals surface area contributed by atoms with Gasteiger partial charge in [0.1, 0.15) is 6.61 Å². The molecule has 4 nitrogen and oxygen atoms in total. The third kappa shape index (κ3) is 2.96. The zero-order valence-corrected chi connectivity index (χ0v) is 8.87. The summed E-state index contributed by atoms with van der Waals surface area (Å²) in [6.45, 7) is 0.303. The van der Waals surface area contributed by atoms with E-state index in [0.29, 0.717) is 6.61 Å². The lowest BCUT2D eigenvalue weighted by Crippen LogP contribution is -2.11. The molecular weight excluding hydrogens is 204 g/mol. The van der Waals surface area contributed by atoms with E-state index in [1.807, 2.05) is 30.3 Å².